The SMILES string of the molecule is CCn1c(SC(C)C(=O)Nc2ccc(-c3nc4ccc(C)cc4s3)cc2)nnc1C1CC1. The lowest BCUT2D eigenvalue weighted by molar-refractivity contribution is -0.115. The summed E-state index contributed by atoms with van der Waals surface area (Å²) in [6, 6.07) is 14.2. The Morgan fingerprint density at radius 2 is 2.00 bits per heavy atom. The number of aryl methyl sites for hydroxylation is 1. The third kappa shape index (κ3) is 4.29. The summed E-state index contributed by atoms with van der Waals surface area (Å²) in [4.78, 5) is 17.5. The Bertz CT molecular complexity index is 1270. The van der Waals surface area contributed by atoms with Crippen LogP contribution in [0.5, 0.6) is 0 Å². The Morgan fingerprint density at radius 1 is 1.22 bits per heavy atom. The van der Waals surface area contributed by atoms with Crippen molar-refractivity contribution in [2.45, 2.75) is 56.5 Å². The van der Waals surface area contributed by atoms with Gasteiger partial charge in [0.1, 0.15) is 10.8 Å². The molecule has 1 amide bonds. The van der Waals surface area contributed by atoms with Crippen molar-refractivity contribution in [3.8, 4) is 10.6 Å². The van der Waals surface area contributed by atoms with Gasteiger partial charge in [-0.3, -0.25) is 4.79 Å². The number of aromatic nitrogens is 4. The van der Waals surface area contributed by atoms with Gasteiger partial charge in [-0.1, -0.05) is 17.8 Å². The Hall–Kier alpha value is -2.71. The number of hydrogen-bond donors (Lipinski definition) is 1. The van der Waals surface area contributed by atoms with Crippen molar-refractivity contribution in [3.63, 3.8) is 0 Å². The summed E-state index contributed by atoms with van der Waals surface area (Å²) in [7, 11) is 0. The van der Waals surface area contributed by atoms with Crippen LogP contribution < -0.4 is 5.32 Å². The number of thiazole rings is 1. The molecule has 0 bridgehead atoms. The second-order valence-electron chi connectivity index (χ2n) is 8.18. The summed E-state index contributed by atoms with van der Waals surface area (Å²) in [6.45, 7) is 6.91. The van der Waals surface area contributed by atoms with Gasteiger partial charge in [-0.25, -0.2) is 4.98 Å². The van der Waals surface area contributed by atoms with Crippen molar-refractivity contribution < 1.29 is 4.79 Å². The molecular formula is C24H25N5OS2. The molecule has 0 aliphatic heterocycles. The minimum absolute atomic E-state index is 0.0446. The summed E-state index contributed by atoms with van der Waals surface area (Å²) < 4.78 is 3.33. The molecule has 164 valence electrons. The van der Waals surface area contributed by atoms with Crippen LogP contribution in [0, 0.1) is 6.92 Å². The molecule has 0 saturated heterocycles. The predicted molar refractivity (Wildman–Crippen MR) is 131 cm³/mol. The number of thioether (sulfide) groups is 1. The Balaban J connectivity index is 1.25. The van der Waals surface area contributed by atoms with Gasteiger partial charge < -0.3 is 9.88 Å². The van der Waals surface area contributed by atoms with E-state index in [4.69, 9.17) is 4.98 Å². The largest absolute Gasteiger partial charge is 0.325 e. The lowest BCUT2D eigenvalue weighted by Crippen LogP contribution is -2.23. The van der Waals surface area contributed by atoms with Crippen LogP contribution in [0.3, 0.4) is 0 Å². The van der Waals surface area contributed by atoms with E-state index < -0.39 is 0 Å². The summed E-state index contributed by atoms with van der Waals surface area (Å²) >= 11 is 3.15. The van der Waals surface area contributed by atoms with Gasteiger partial charge in [0.2, 0.25) is 5.91 Å². The van der Waals surface area contributed by atoms with Crippen molar-refractivity contribution in [2.75, 3.05) is 5.32 Å². The standard InChI is InChI=1S/C24H25N5OS2/c1-4-29-21(16-6-7-16)27-28-24(29)31-15(3)22(30)25-18-10-8-17(9-11-18)23-26-19-12-5-14(2)13-20(19)32-23/h5,8-13,15-16H,4,6-7H2,1-3H3,(H,25,30). The lowest BCUT2D eigenvalue weighted by atomic mass is 10.2. The van der Waals surface area contributed by atoms with E-state index in [2.05, 4.69) is 52.1 Å². The number of nitrogens with one attached hydrogen (secondary N) is 1. The molecule has 2 aromatic carbocycles. The zero-order chi connectivity index (χ0) is 22.2. The highest BCUT2D eigenvalue weighted by Crippen LogP contribution is 2.40. The fourth-order valence-corrected chi connectivity index (χ4v) is 5.62. The number of fused-ring (bicyclic) bond motifs is 1. The summed E-state index contributed by atoms with van der Waals surface area (Å²) in [5, 5.41) is 13.2. The summed E-state index contributed by atoms with van der Waals surface area (Å²) in [5.74, 6) is 1.55. The number of carbonyl (C=O) groups is 1. The molecular weight excluding hydrogens is 438 g/mol. The zero-order valence-corrected chi connectivity index (χ0v) is 20.0. The first-order chi connectivity index (χ1) is 15.5. The van der Waals surface area contributed by atoms with E-state index in [1.807, 2.05) is 31.2 Å². The molecule has 1 atom stereocenters. The van der Waals surface area contributed by atoms with Gasteiger partial charge in [0.05, 0.1) is 15.5 Å². The molecule has 1 N–H and O–H groups in total. The van der Waals surface area contributed by atoms with E-state index in [-0.39, 0.29) is 11.2 Å². The second-order valence-corrected chi connectivity index (χ2v) is 10.5. The van der Waals surface area contributed by atoms with Gasteiger partial charge in [0, 0.05) is 23.7 Å². The van der Waals surface area contributed by atoms with E-state index >= 15 is 0 Å². The van der Waals surface area contributed by atoms with Crippen LogP contribution in [0.1, 0.15) is 44.0 Å². The third-order valence-electron chi connectivity index (χ3n) is 5.60. The molecule has 1 aliphatic rings. The Labute approximate surface area is 195 Å². The highest BCUT2D eigenvalue weighted by atomic mass is 32.2. The van der Waals surface area contributed by atoms with Crippen LogP contribution >= 0.6 is 23.1 Å². The second kappa shape index (κ2) is 8.67. The smallest absolute Gasteiger partial charge is 0.237 e. The first kappa shape index (κ1) is 21.2. The molecule has 4 aromatic rings. The van der Waals surface area contributed by atoms with Gasteiger partial charge in [0.25, 0.3) is 0 Å². The van der Waals surface area contributed by atoms with Crippen LogP contribution in [-0.4, -0.2) is 30.9 Å². The molecule has 5 rings (SSSR count). The van der Waals surface area contributed by atoms with E-state index in [9.17, 15) is 4.79 Å². The average molecular weight is 464 g/mol. The number of benzene rings is 2. The Morgan fingerprint density at radius 3 is 2.72 bits per heavy atom. The Kier molecular flexibility index (Phi) is 5.73. The molecule has 8 heteroatoms. The topological polar surface area (TPSA) is 72.7 Å². The van der Waals surface area contributed by atoms with Gasteiger partial charge >= 0.3 is 0 Å². The fourth-order valence-electron chi connectivity index (χ4n) is 3.63. The van der Waals surface area contributed by atoms with E-state index in [1.54, 1.807) is 11.3 Å². The predicted octanol–water partition coefficient (Wildman–Crippen LogP) is 5.88. The van der Waals surface area contributed by atoms with Crippen LogP contribution in [0.15, 0.2) is 47.6 Å². The van der Waals surface area contributed by atoms with Crippen molar-refractivity contribution >= 4 is 44.9 Å². The van der Waals surface area contributed by atoms with Gasteiger partial charge in [-0.2, -0.15) is 0 Å². The van der Waals surface area contributed by atoms with Crippen LogP contribution in [0.2, 0.25) is 0 Å². The first-order valence-corrected chi connectivity index (χ1v) is 12.6. The number of carbonyl (C=O) groups excluding carboxylic acids is 1. The van der Waals surface area contributed by atoms with Gasteiger partial charge in [-0.15, -0.1) is 21.5 Å². The fraction of sp³-hybridized carbons (Fsp3) is 0.333. The average Bonchev–Trinajstić information content (AvgIpc) is 3.42. The number of hydrogen-bond acceptors (Lipinski definition) is 6. The van der Waals surface area contributed by atoms with Crippen molar-refractivity contribution in [3.05, 3.63) is 53.9 Å². The van der Waals surface area contributed by atoms with Gasteiger partial charge in [-0.05, 0) is 75.6 Å². The highest BCUT2D eigenvalue weighted by Gasteiger charge is 2.30. The molecule has 1 fully saturated rings. The summed E-state index contributed by atoms with van der Waals surface area (Å²) in [6.07, 6.45) is 2.37. The van der Waals surface area contributed by atoms with Crippen LogP contribution in [-0.2, 0) is 11.3 Å². The maximum absolute atomic E-state index is 12.8. The van der Waals surface area contributed by atoms with E-state index in [0.717, 1.165) is 39.3 Å². The monoisotopic (exact) mass is 463 g/mol. The van der Waals surface area contributed by atoms with Crippen LogP contribution in [0.4, 0.5) is 5.69 Å². The number of nitrogens with zero attached hydrogens (tertiary/aromatic N) is 4. The van der Waals surface area contributed by atoms with Crippen LogP contribution in [0.25, 0.3) is 20.8 Å². The highest BCUT2D eigenvalue weighted by molar-refractivity contribution is 8.00. The van der Waals surface area contributed by atoms with Crippen molar-refractivity contribution in [1.82, 2.24) is 19.7 Å². The quantitative estimate of drug-likeness (QED) is 0.347. The normalized spacial score (nSPS) is 14.6. The molecule has 0 radical (unpaired) electrons. The van der Waals surface area contributed by atoms with Crippen molar-refractivity contribution in [1.29, 1.82) is 0 Å². The van der Waals surface area contributed by atoms with E-state index in [1.165, 1.54) is 34.9 Å². The molecule has 0 spiro atoms. The lowest BCUT2D eigenvalue weighted by Gasteiger charge is -2.13. The maximum atomic E-state index is 12.8. The molecule has 1 saturated carbocycles. The summed E-state index contributed by atoms with van der Waals surface area (Å²) in [5.41, 5.74) is 4.08. The van der Waals surface area contributed by atoms with E-state index in [0.29, 0.717) is 5.92 Å². The zero-order valence-electron chi connectivity index (χ0n) is 18.3. The first-order valence-electron chi connectivity index (χ1n) is 10.9. The van der Waals surface area contributed by atoms with Gasteiger partial charge in [0.15, 0.2) is 5.16 Å². The number of amides is 1. The maximum Gasteiger partial charge on any atom is 0.237 e. The van der Waals surface area contributed by atoms with Crippen molar-refractivity contribution in [2.24, 2.45) is 0 Å². The molecule has 1 aliphatic carbocycles. The minimum atomic E-state index is -0.274. The molecule has 2 heterocycles. The molecule has 32 heavy (non-hydrogen) atoms. The molecule has 6 nitrogen and oxygen atoms in total. The number of rotatable bonds is 7. The molecule has 1 unspecified atom stereocenters. The molecule has 2 aromatic heterocycles. The third-order valence-corrected chi connectivity index (χ3v) is 7.75. The number of anilines is 1. The minimum Gasteiger partial charge on any atom is -0.325 e.